The minimum absolute atomic E-state index is 0.0806. The molecule has 34 heavy (non-hydrogen) atoms. The molecule has 1 saturated heterocycles. The van der Waals surface area contributed by atoms with Crippen molar-refractivity contribution in [3.8, 4) is 0 Å². The molecule has 1 heterocycles. The SMILES string of the molecule is NC(N)=NCCC[C@@H]1NC(=O)N(CC(=O)NCC(NC(=O)NCc2ccccc2)C(=O)O)C1=O. The Morgan fingerprint density at radius 2 is 1.85 bits per heavy atom. The first-order chi connectivity index (χ1) is 16.2. The third-order valence-electron chi connectivity index (χ3n) is 4.76. The Bertz CT molecular complexity index is 934. The molecule has 0 spiro atoms. The molecule has 1 fully saturated rings. The lowest BCUT2D eigenvalue weighted by Gasteiger charge is -2.17. The van der Waals surface area contributed by atoms with Crippen LogP contribution in [0.5, 0.6) is 0 Å². The van der Waals surface area contributed by atoms with Crippen LogP contribution in [0.25, 0.3) is 0 Å². The molecule has 1 aromatic carbocycles. The molecule has 14 heteroatoms. The van der Waals surface area contributed by atoms with E-state index in [1.807, 2.05) is 6.07 Å². The van der Waals surface area contributed by atoms with Crippen molar-refractivity contribution in [2.24, 2.45) is 16.5 Å². The highest BCUT2D eigenvalue weighted by Gasteiger charge is 2.38. The summed E-state index contributed by atoms with van der Waals surface area (Å²) in [6.07, 6.45) is 0.718. The third-order valence-corrected chi connectivity index (χ3v) is 4.76. The highest BCUT2D eigenvalue weighted by atomic mass is 16.4. The van der Waals surface area contributed by atoms with Crippen LogP contribution < -0.4 is 32.7 Å². The van der Waals surface area contributed by atoms with Gasteiger partial charge in [-0.1, -0.05) is 30.3 Å². The second kappa shape index (κ2) is 12.6. The lowest BCUT2D eigenvalue weighted by Crippen LogP contribution is -2.52. The van der Waals surface area contributed by atoms with Crippen molar-refractivity contribution >= 4 is 35.8 Å². The van der Waals surface area contributed by atoms with Crippen LogP contribution in [0.4, 0.5) is 9.59 Å². The molecule has 0 aliphatic carbocycles. The average Bonchev–Trinajstić information content (AvgIpc) is 3.06. The van der Waals surface area contributed by atoms with Gasteiger partial charge in [-0.15, -0.1) is 0 Å². The number of amides is 6. The molecule has 0 bridgehead atoms. The van der Waals surface area contributed by atoms with Crippen molar-refractivity contribution in [2.75, 3.05) is 19.6 Å². The van der Waals surface area contributed by atoms with E-state index in [9.17, 15) is 29.1 Å². The first-order valence-corrected chi connectivity index (χ1v) is 10.4. The largest absolute Gasteiger partial charge is 0.480 e. The smallest absolute Gasteiger partial charge is 0.328 e. The van der Waals surface area contributed by atoms with Crippen molar-refractivity contribution in [3.63, 3.8) is 0 Å². The Morgan fingerprint density at radius 3 is 2.50 bits per heavy atom. The number of rotatable bonds is 12. The molecule has 6 amide bonds. The first kappa shape index (κ1) is 25.9. The van der Waals surface area contributed by atoms with E-state index in [-0.39, 0.29) is 25.5 Å². The fourth-order valence-electron chi connectivity index (χ4n) is 3.03. The third kappa shape index (κ3) is 8.29. The predicted molar refractivity (Wildman–Crippen MR) is 120 cm³/mol. The van der Waals surface area contributed by atoms with Crippen LogP contribution in [0, 0.1) is 0 Å². The Labute approximate surface area is 195 Å². The molecular weight excluding hydrogens is 448 g/mol. The number of nitrogens with two attached hydrogens (primary N) is 2. The molecule has 0 radical (unpaired) electrons. The summed E-state index contributed by atoms with van der Waals surface area (Å²) in [7, 11) is 0. The van der Waals surface area contributed by atoms with Crippen LogP contribution in [-0.2, 0) is 20.9 Å². The van der Waals surface area contributed by atoms with Crippen LogP contribution in [0.3, 0.4) is 0 Å². The van der Waals surface area contributed by atoms with Gasteiger partial charge in [0.2, 0.25) is 5.91 Å². The topological polar surface area (TPSA) is 221 Å². The van der Waals surface area contributed by atoms with E-state index in [0.717, 1.165) is 10.5 Å². The molecule has 1 aliphatic rings. The number of carbonyl (C=O) groups is 5. The number of benzene rings is 1. The number of carboxylic acid groups (broad SMARTS) is 1. The number of nitrogens with zero attached hydrogens (tertiary/aromatic N) is 2. The van der Waals surface area contributed by atoms with Crippen LogP contribution in [0.1, 0.15) is 18.4 Å². The van der Waals surface area contributed by atoms with E-state index in [1.165, 1.54) is 0 Å². The van der Waals surface area contributed by atoms with E-state index in [4.69, 9.17) is 11.5 Å². The van der Waals surface area contributed by atoms with Crippen molar-refractivity contribution in [2.45, 2.75) is 31.5 Å². The number of carbonyl (C=O) groups excluding carboxylic acids is 4. The van der Waals surface area contributed by atoms with Crippen molar-refractivity contribution < 1.29 is 29.1 Å². The maximum absolute atomic E-state index is 12.4. The Balaban J connectivity index is 1.78. The summed E-state index contributed by atoms with van der Waals surface area (Å²) in [6.45, 7) is -0.574. The van der Waals surface area contributed by atoms with Gasteiger partial charge in [0, 0.05) is 19.6 Å². The monoisotopic (exact) mass is 476 g/mol. The van der Waals surface area contributed by atoms with Gasteiger partial charge < -0.3 is 37.8 Å². The molecule has 1 aliphatic heterocycles. The number of nitrogens with one attached hydrogen (secondary N) is 4. The van der Waals surface area contributed by atoms with Crippen LogP contribution in [0.15, 0.2) is 35.3 Å². The van der Waals surface area contributed by atoms with Gasteiger partial charge in [0.15, 0.2) is 5.96 Å². The zero-order valence-corrected chi connectivity index (χ0v) is 18.3. The van der Waals surface area contributed by atoms with Crippen LogP contribution in [0.2, 0.25) is 0 Å². The minimum Gasteiger partial charge on any atom is -0.480 e. The first-order valence-electron chi connectivity index (χ1n) is 10.4. The van der Waals surface area contributed by atoms with Gasteiger partial charge in [0.25, 0.3) is 5.91 Å². The van der Waals surface area contributed by atoms with Crippen molar-refractivity contribution in [1.29, 1.82) is 0 Å². The van der Waals surface area contributed by atoms with Crippen LogP contribution in [-0.4, -0.2) is 77.5 Å². The molecule has 2 atom stereocenters. The Morgan fingerprint density at radius 1 is 1.15 bits per heavy atom. The van der Waals surface area contributed by atoms with E-state index < -0.39 is 55.0 Å². The summed E-state index contributed by atoms with van der Waals surface area (Å²) in [4.78, 5) is 64.6. The Kier molecular flexibility index (Phi) is 9.61. The number of aliphatic carboxylic acids is 1. The molecule has 0 aromatic heterocycles. The molecule has 184 valence electrons. The standard InChI is InChI=1S/C20H28N8O6/c21-18(22)23-8-4-7-13-16(30)28(20(34)27-13)11-15(29)24-10-14(17(31)32)26-19(33)25-9-12-5-2-1-3-6-12/h1-3,5-6,13-14H,4,7-11H2,(H,24,29)(H,27,34)(H,31,32)(H4,21,22,23)(H2,25,26,33)/t13-,14?/m0/s1. The van der Waals surface area contributed by atoms with Gasteiger partial charge in [-0.25, -0.2) is 14.4 Å². The minimum atomic E-state index is -1.42. The molecule has 9 N–H and O–H groups in total. The number of carboxylic acids is 1. The average molecular weight is 476 g/mol. The molecule has 1 unspecified atom stereocenters. The molecular formula is C20H28N8O6. The highest BCUT2D eigenvalue weighted by molar-refractivity contribution is 6.06. The summed E-state index contributed by atoms with van der Waals surface area (Å²) in [6, 6.07) is 5.29. The van der Waals surface area contributed by atoms with Gasteiger partial charge in [-0.3, -0.25) is 19.5 Å². The predicted octanol–water partition coefficient (Wildman–Crippen LogP) is -1.97. The molecule has 0 saturated carbocycles. The lowest BCUT2D eigenvalue weighted by molar-refractivity contribution is -0.139. The maximum atomic E-state index is 12.4. The van der Waals surface area contributed by atoms with Gasteiger partial charge in [0.05, 0.1) is 0 Å². The number of hydrogen-bond acceptors (Lipinski definition) is 6. The fraction of sp³-hybridized carbons (Fsp3) is 0.400. The maximum Gasteiger partial charge on any atom is 0.328 e. The fourth-order valence-corrected chi connectivity index (χ4v) is 3.03. The van der Waals surface area contributed by atoms with E-state index >= 15 is 0 Å². The summed E-state index contributed by atoms with van der Waals surface area (Å²) >= 11 is 0. The molecule has 14 nitrogen and oxygen atoms in total. The normalized spacial score (nSPS) is 15.8. The number of imide groups is 1. The number of urea groups is 2. The number of hydrogen-bond donors (Lipinski definition) is 7. The second-order valence-corrected chi connectivity index (χ2v) is 7.38. The number of aliphatic imine (C=N–C) groups is 1. The summed E-state index contributed by atoms with van der Waals surface area (Å²) < 4.78 is 0. The van der Waals surface area contributed by atoms with Gasteiger partial charge >= 0.3 is 18.0 Å². The second-order valence-electron chi connectivity index (χ2n) is 7.38. The highest BCUT2D eigenvalue weighted by Crippen LogP contribution is 2.11. The summed E-state index contributed by atoms with van der Waals surface area (Å²) in [5, 5.41) is 18.9. The molecule has 2 rings (SSSR count). The van der Waals surface area contributed by atoms with Crippen molar-refractivity contribution in [1.82, 2.24) is 26.2 Å². The summed E-state index contributed by atoms with van der Waals surface area (Å²) in [5.74, 6) is -2.80. The van der Waals surface area contributed by atoms with Gasteiger partial charge in [0.1, 0.15) is 18.6 Å². The zero-order valence-electron chi connectivity index (χ0n) is 18.3. The quantitative estimate of drug-likeness (QED) is 0.0774. The van der Waals surface area contributed by atoms with Gasteiger partial charge in [-0.05, 0) is 18.4 Å². The van der Waals surface area contributed by atoms with Crippen LogP contribution >= 0.6 is 0 Å². The zero-order chi connectivity index (χ0) is 25.1. The number of guanidine groups is 1. The summed E-state index contributed by atoms with van der Waals surface area (Å²) in [5.41, 5.74) is 11.3. The molecule has 1 aromatic rings. The Hall–Kier alpha value is -4.36. The van der Waals surface area contributed by atoms with E-state index in [2.05, 4.69) is 26.3 Å². The lowest BCUT2D eigenvalue weighted by atomic mass is 10.1. The van der Waals surface area contributed by atoms with Gasteiger partial charge in [-0.2, -0.15) is 0 Å². The van der Waals surface area contributed by atoms with E-state index in [1.54, 1.807) is 24.3 Å². The van der Waals surface area contributed by atoms with Crippen molar-refractivity contribution in [3.05, 3.63) is 35.9 Å². The van der Waals surface area contributed by atoms with E-state index in [0.29, 0.717) is 6.42 Å².